The highest BCUT2D eigenvalue weighted by molar-refractivity contribution is 9.10. The highest BCUT2D eigenvalue weighted by Gasteiger charge is 2.13. The molecule has 90 valence electrons. The van der Waals surface area contributed by atoms with Gasteiger partial charge >= 0.3 is 0 Å². The number of nitrogens with two attached hydrogens (primary N) is 1. The molecular weight excluding hydrogens is 314 g/mol. The van der Waals surface area contributed by atoms with Gasteiger partial charge < -0.3 is 11.1 Å². The minimum absolute atomic E-state index is 0.252. The number of nitrogen functional groups attached to an aromatic ring is 1. The predicted octanol–water partition coefficient (Wildman–Crippen LogP) is 3.22. The first-order chi connectivity index (χ1) is 8.61. The molecule has 1 aromatic heterocycles. The van der Waals surface area contributed by atoms with E-state index in [1.807, 2.05) is 11.4 Å². The van der Waals surface area contributed by atoms with Gasteiger partial charge in [0.15, 0.2) is 0 Å². The van der Waals surface area contributed by atoms with Crippen LogP contribution in [0.5, 0.6) is 0 Å². The minimum atomic E-state index is -0.252. The van der Waals surface area contributed by atoms with E-state index < -0.39 is 0 Å². The summed E-state index contributed by atoms with van der Waals surface area (Å²) in [5.41, 5.74) is 6.87. The van der Waals surface area contributed by atoms with E-state index in [2.05, 4.69) is 21.2 Å². The molecule has 18 heavy (non-hydrogen) atoms. The number of nitrogens with one attached hydrogen (secondary N) is 1. The van der Waals surface area contributed by atoms with E-state index in [4.69, 9.17) is 11.0 Å². The van der Waals surface area contributed by atoms with Gasteiger partial charge in [0.1, 0.15) is 10.9 Å². The molecule has 0 fully saturated rings. The lowest BCUT2D eigenvalue weighted by molar-refractivity contribution is 0.103. The summed E-state index contributed by atoms with van der Waals surface area (Å²) in [5.74, 6) is -0.252. The van der Waals surface area contributed by atoms with E-state index in [1.165, 1.54) is 17.4 Å². The summed E-state index contributed by atoms with van der Waals surface area (Å²) in [4.78, 5) is 12.5. The number of amides is 1. The van der Waals surface area contributed by atoms with Crippen LogP contribution in [0.1, 0.15) is 15.2 Å². The largest absolute Gasteiger partial charge is 0.399 e. The Balaban J connectivity index is 2.28. The second kappa shape index (κ2) is 5.21. The number of anilines is 2. The van der Waals surface area contributed by atoms with Crippen LogP contribution in [-0.2, 0) is 0 Å². The molecule has 0 saturated carbocycles. The Labute approximate surface area is 116 Å². The first-order valence-electron chi connectivity index (χ1n) is 4.96. The second-order valence-corrected chi connectivity index (χ2v) is 5.24. The molecular formula is C12H8BrN3OS. The van der Waals surface area contributed by atoms with E-state index in [1.54, 1.807) is 18.2 Å². The van der Waals surface area contributed by atoms with Gasteiger partial charge in [0, 0.05) is 10.2 Å². The van der Waals surface area contributed by atoms with Crippen LogP contribution >= 0.6 is 27.3 Å². The molecule has 0 aliphatic heterocycles. The number of nitrogens with zero attached hydrogens (tertiary/aromatic N) is 1. The Morgan fingerprint density at radius 1 is 1.44 bits per heavy atom. The molecule has 3 N–H and O–H groups in total. The number of thiophene rings is 1. The van der Waals surface area contributed by atoms with Crippen LogP contribution in [0.3, 0.4) is 0 Å². The SMILES string of the molecule is N#Cc1cc(N)ccc1NC(=O)c1sccc1Br. The molecule has 1 amide bonds. The van der Waals surface area contributed by atoms with Crippen LogP contribution in [0, 0.1) is 11.3 Å². The molecule has 0 unspecified atom stereocenters. The maximum absolute atomic E-state index is 12.0. The lowest BCUT2D eigenvalue weighted by atomic mass is 10.1. The van der Waals surface area contributed by atoms with Crippen molar-refractivity contribution in [2.45, 2.75) is 0 Å². The molecule has 2 rings (SSSR count). The number of nitriles is 1. The van der Waals surface area contributed by atoms with Gasteiger partial charge in [-0.15, -0.1) is 11.3 Å². The third-order valence-corrected chi connectivity index (χ3v) is 4.07. The number of hydrogen-bond donors (Lipinski definition) is 2. The van der Waals surface area contributed by atoms with E-state index in [0.717, 1.165) is 4.47 Å². The highest BCUT2D eigenvalue weighted by atomic mass is 79.9. The van der Waals surface area contributed by atoms with Crippen molar-refractivity contribution in [1.29, 1.82) is 5.26 Å². The quantitative estimate of drug-likeness (QED) is 0.833. The van der Waals surface area contributed by atoms with Gasteiger partial charge in [-0.1, -0.05) is 0 Å². The van der Waals surface area contributed by atoms with E-state index in [-0.39, 0.29) is 5.91 Å². The fourth-order valence-corrected chi connectivity index (χ4v) is 2.84. The first kappa shape index (κ1) is 12.6. The summed E-state index contributed by atoms with van der Waals surface area (Å²) in [6.07, 6.45) is 0. The Kier molecular flexibility index (Phi) is 3.65. The van der Waals surface area contributed by atoms with Crippen molar-refractivity contribution in [1.82, 2.24) is 0 Å². The van der Waals surface area contributed by atoms with Crippen molar-refractivity contribution < 1.29 is 4.79 Å². The fourth-order valence-electron chi connectivity index (χ4n) is 1.40. The van der Waals surface area contributed by atoms with Crippen LogP contribution in [0.2, 0.25) is 0 Å². The molecule has 0 radical (unpaired) electrons. The van der Waals surface area contributed by atoms with E-state index in [0.29, 0.717) is 21.8 Å². The van der Waals surface area contributed by atoms with Crippen LogP contribution in [-0.4, -0.2) is 5.91 Å². The number of benzene rings is 1. The van der Waals surface area contributed by atoms with Gasteiger partial charge in [-0.2, -0.15) is 5.26 Å². The first-order valence-corrected chi connectivity index (χ1v) is 6.63. The molecule has 4 nitrogen and oxygen atoms in total. The number of carbonyl (C=O) groups excluding carboxylic acids is 1. The molecule has 0 bridgehead atoms. The van der Waals surface area contributed by atoms with Gasteiger partial charge in [0.25, 0.3) is 5.91 Å². The Bertz CT molecular complexity index is 645. The van der Waals surface area contributed by atoms with Crippen molar-refractivity contribution in [3.8, 4) is 6.07 Å². The smallest absolute Gasteiger partial charge is 0.266 e. The minimum Gasteiger partial charge on any atom is -0.399 e. The fraction of sp³-hybridized carbons (Fsp3) is 0. The van der Waals surface area contributed by atoms with Gasteiger partial charge in [0.2, 0.25) is 0 Å². The zero-order valence-electron chi connectivity index (χ0n) is 9.11. The maximum atomic E-state index is 12.0. The van der Waals surface area contributed by atoms with Crippen molar-refractivity contribution in [3.05, 3.63) is 44.6 Å². The second-order valence-electron chi connectivity index (χ2n) is 3.47. The standard InChI is InChI=1S/C12H8BrN3OS/c13-9-3-4-18-11(9)12(17)16-10-2-1-8(15)5-7(10)6-14/h1-5H,15H2,(H,16,17). The van der Waals surface area contributed by atoms with E-state index >= 15 is 0 Å². The third-order valence-electron chi connectivity index (χ3n) is 2.24. The Morgan fingerprint density at radius 2 is 2.22 bits per heavy atom. The molecule has 0 atom stereocenters. The van der Waals surface area contributed by atoms with Crippen molar-refractivity contribution in [2.75, 3.05) is 11.1 Å². The lowest BCUT2D eigenvalue weighted by Crippen LogP contribution is -2.12. The number of carbonyl (C=O) groups is 1. The van der Waals surface area contributed by atoms with Crippen molar-refractivity contribution in [3.63, 3.8) is 0 Å². The van der Waals surface area contributed by atoms with Crippen LogP contribution < -0.4 is 11.1 Å². The molecule has 6 heteroatoms. The lowest BCUT2D eigenvalue weighted by Gasteiger charge is -2.06. The zero-order valence-corrected chi connectivity index (χ0v) is 11.5. The van der Waals surface area contributed by atoms with Gasteiger partial charge in [-0.05, 0) is 45.6 Å². The van der Waals surface area contributed by atoms with Gasteiger partial charge in [-0.25, -0.2) is 0 Å². The third kappa shape index (κ3) is 2.53. The summed E-state index contributed by atoms with van der Waals surface area (Å²) in [5, 5.41) is 13.5. The van der Waals surface area contributed by atoms with E-state index in [9.17, 15) is 4.79 Å². The maximum Gasteiger partial charge on any atom is 0.266 e. The molecule has 1 heterocycles. The summed E-state index contributed by atoms with van der Waals surface area (Å²) in [6.45, 7) is 0. The predicted molar refractivity (Wildman–Crippen MR) is 75.5 cm³/mol. The molecule has 2 aromatic rings. The molecule has 0 saturated heterocycles. The summed E-state index contributed by atoms with van der Waals surface area (Å²) in [7, 11) is 0. The zero-order chi connectivity index (χ0) is 13.1. The topological polar surface area (TPSA) is 78.9 Å². The van der Waals surface area contributed by atoms with Crippen molar-refractivity contribution >= 4 is 44.5 Å². The number of rotatable bonds is 2. The molecule has 1 aromatic carbocycles. The average molecular weight is 322 g/mol. The number of halogens is 1. The van der Waals surface area contributed by atoms with Crippen LogP contribution in [0.15, 0.2) is 34.1 Å². The summed E-state index contributed by atoms with van der Waals surface area (Å²) < 4.78 is 0.735. The number of hydrogen-bond acceptors (Lipinski definition) is 4. The monoisotopic (exact) mass is 321 g/mol. The normalized spacial score (nSPS) is 9.78. The average Bonchev–Trinajstić information content (AvgIpc) is 2.77. The molecule has 0 aliphatic rings. The van der Waals surface area contributed by atoms with Gasteiger partial charge in [0.05, 0.1) is 11.3 Å². The Hall–Kier alpha value is -1.84. The summed E-state index contributed by atoms with van der Waals surface area (Å²) >= 11 is 4.62. The summed E-state index contributed by atoms with van der Waals surface area (Å²) in [6, 6.07) is 8.58. The van der Waals surface area contributed by atoms with Gasteiger partial charge in [-0.3, -0.25) is 4.79 Å². The van der Waals surface area contributed by atoms with Crippen LogP contribution in [0.4, 0.5) is 11.4 Å². The van der Waals surface area contributed by atoms with Crippen molar-refractivity contribution in [2.24, 2.45) is 0 Å². The van der Waals surface area contributed by atoms with Crippen LogP contribution in [0.25, 0.3) is 0 Å². The highest BCUT2D eigenvalue weighted by Crippen LogP contribution is 2.25. The molecule has 0 spiro atoms. The molecule has 0 aliphatic carbocycles. The Morgan fingerprint density at radius 3 is 2.83 bits per heavy atom.